The zero-order valence-electron chi connectivity index (χ0n) is 37.5. The fourth-order valence-corrected chi connectivity index (χ4v) is 6.36. The van der Waals surface area contributed by atoms with Gasteiger partial charge in [-0.25, -0.2) is 0 Å². The van der Waals surface area contributed by atoms with Crippen molar-refractivity contribution in [1.82, 2.24) is 53.2 Å². The van der Waals surface area contributed by atoms with E-state index in [-0.39, 0.29) is 71.2 Å². The number of carbonyl (C=O) groups is 10. The molecule has 1 rings (SSSR count). The van der Waals surface area contributed by atoms with Crippen LogP contribution in [0.2, 0.25) is 0 Å². The van der Waals surface area contributed by atoms with Crippen molar-refractivity contribution >= 4 is 59.1 Å². The molecule has 0 radical (unpaired) electrons. The number of nitrogens with one attached hydrogen (secondary N) is 10. The van der Waals surface area contributed by atoms with Crippen LogP contribution in [0.3, 0.4) is 0 Å². The highest BCUT2D eigenvalue weighted by Gasteiger charge is 2.35. The predicted octanol–water partition coefficient (Wildman–Crippen LogP) is -10.3. The van der Waals surface area contributed by atoms with Gasteiger partial charge in [-0.05, 0) is 84.6 Å². The molecule has 0 saturated carbocycles. The Morgan fingerprint density at radius 2 is 1.12 bits per heavy atom. The van der Waals surface area contributed by atoms with Crippen molar-refractivity contribution in [3.05, 3.63) is 0 Å². The van der Waals surface area contributed by atoms with Crippen LogP contribution in [-0.4, -0.2) is 182 Å². The molecule has 66 heavy (non-hydrogen) atoms. The quantitative estimate of drug-likeness (QED) is 0.0539. The Balaban J connectivity index is 3.65. The minimum atomic E-state index is -1.65. The van der Waals surface area contributed by atoms with Crippen LogP contribution in [0.15, 0.2) is 0 Å². The summed E-state index contributed by atoms with van der Waals surface area (Å²) in [6.45, 7) is 0.417. The molecule has 10 atom stereocenters. The summed E-state index contributed by atoms with van der Waals surface area (Å²) in [4.78, 5) is 134. The number of hydrogen-bond donors (Lipinski definition) is 18. The minimum absolute atomic E-state index is 0.0577. The zero-order chi connectivity index (χ0) is 49.9. The average Bonchev–Trinajstić information content (AvgIpc) is 3.27. The molecule has 1 heterocycles. The van der Waals surface area contributed by atoms with Crippen LogP contribution in [0.25, 0.3) is 0 Å². The van der Waals surface area contributed by atoms with Gasteiger partial charge in [-0.2, -0.15) is 0 Å². The Bertz CT molecular complexity index is 1640. The van der Waals surface area contributed by atoms with Gasteiger partial charge in [-0.15, -0.1) is 0 Å². The van der Waals surface area contributed by atoms with E-state index in [9.17, 15) is 58.2 Å². The van der Waals surface area contributed by atoms with Gasteiger partial charge in [0.25, 0.3) is 0 Å². The SMILES string of the molecule is CCC[C@@H]1NC(=O)CNC(=O)[C@H](CCN)NC(=O)[C@@H](NC(=O)[C@H](CCN)NC(=O)[C@H](CO)NC(=O)[C@@H](N)CCN)CCNC(=O)[C@H]([C@@H](C)O)NC(=O)[C@H](CCN)NC(=O)[C@H](CCN)NC1=O. The lowest BCUT2D eigenvalue weighted by Crippen LogP contribution is -2.60. The Labute approximate surface area is 382 Å². The molecule has 0 unspecified atom stereocenters. The van der Waals surface area contributed by atoms with Crippen molar-refractivity contribution in [1.29, 1.82) is 0 Å². The molecule has 28 nitrogen and oxygen atoms in total. The molecule has 0 bridgehead atoms. The van der Waals surface area contributed by atoms with Crippen molar-refractivity contribution in [2.24, 2.45) is 34.4 Å². The lowest BCUT2D eigenvalue weighted by Gasteiger charge is -2.27. The van der Waals surface area contributed by atoms with Crippen molar-refractivity contribution in [3.8, 4) is 0 Å². The molecule has 1 saturated heterocycles. The van der Waals surface area contributed by atoms with E-state index in [2.05, 4.69) is 53.2 Å². The second-order valence-electron chi connectivity index (χ2n) is 15.5. The Hall–Kier alpha value is -5.62. The van der Waals surface area contributed by atoms with Gasteiger partial charge in [0, 0.05) is 6.54 Å². The number of hydrogen-bond acceptors (Lipinski definition) is 18. The summed E-state index contributed by atoms with van der Waals surface area (Å²) < 4.78 is 0. The molecular weight excluding hydrogens is 873 g/mol. The largest absolute Gasteiger partial charge is 0.394 e. The molecule has 0 spiro atoms. The maximum Gasteiger partial charge on any atom is 0.245 e. The summed E-state index contributed by atoms with van der Waals surface area (Å²) in [7, 11) is 0. The number of aliphatic hydroxyl groups excluding tert-OH is 2. The molecule has 28 heteroatoms. The van der Waals surface area contributed by atoms with Crippen LogP contribution >= 0.6 is 0 Å². The highest BCUT2D eigenvalue weighted by Crippen LogP contribution is 2.05. The molecular formula is C38H72N16O12. The number of amides is 10. The second kappa shape index (κ2) is 31.3. The molecule has 0 aromatic heterocycles. The predicted molar refractivity (Wildman–Crippen MR) is 236 cm³/mol. The second-order valence-corrected chi connectivity index (χ2v) is 15.5. The third kappa shape index (κ3) is 20.3. The fraction of sp³-hybridized carbons (Fsp3) is 0.737. The standard InChI is InChI=1S/C38H72N16O12/c1-3-4-21-32(60)49-23(7-13-41)33(61)50-25(9-15-43)36(64)54-29(19(2)56)38(66)45-16-10-26(35(63)48-22(6-12-40)31(59)46-17-28(57)47-21)52-34(62)24(8-14-42)51-37(65)27(18-55)53-30(58)20(44)5-11-39/h19-27,29,55-56H,3-18,39-44H2,1-2H3,(H,45,66)(H,46,59)(H,47,57)(H,48,63)(H,49,60)(H,50,61)(H,51,65)(H,52,62)(H,53,58)(H,54,64)/t19-,20+,21+,22+,23+,24+,25+,26+,27+,29+/m1/s1. The van der Waals surface area contributed by atoms with Crippen LogP contribution in [0.1, 0.15) is 65.2 Å². The van der Waals surface area contributed by atoms with Gasteiger partial charge in [0.15, 0.2) is 0 Å². The molecule has 0 aromatic carbocycles. The maximum absolute atomic E-state index is 13.9. The summed E-state index contributed by atoms with van der Waals surface area (Å²) in [6, 6.07) is -12.7. The fourth-order valence-electron chi connectivity index (χ4n) is 6.36. The van der Waals surface area contributed by atoms with Crippen molar-refractivity contribution < 1.29 is 58.2 Å². The van der Waals surface area contributed by atoms with Crippen LogP contribution in [0.4, 0.5) is 0 Å². The summed E-state index contributed by atoms with van der Waals surface area (Å²) in [5, 5.41) is 44.7. The van der Waals surface area contributed by atoms with Gasteiger partial charge in [0.05, 0.1) is 25.3 Å². The Morgan fingerprint density at radius 1 is 0.621 bits per heavy atom. The minimum Gasteiger partial charge on any atom is -0.394 e. The van der Waals surface area contributed by atoms with E-state index >= 15 is 0 Å². The topological polar surface area (TPSA) is 488 Å². The Morgan fingerprint density at radius 3 is 1.62 bits per heavy atom. The number of nitrogens with two attached hydrogens (primary N) is 6. The monoisotopic (exact) mass is 945 g/mol. The number of rotatable bonds is 20. The van der Waals surface area contributed by atoms with Crippen LogP contribution < -0.4 is 87.6 Å². The van der Waals surface area contributed by atoms with E-state index in [0.29, 0.717) is 6.42 Å². The van der Waals surface area contributed by atoms with Crippen molar-refractivity contribution in [2.75, 3.05) is 52.4 Å². The average molecular weight is 945 g/mol. The lowest BCUT2D eigenvalue weighted by molar-refractivity contribution is -0.135. The van der Waals surface area contributed by atoms with E-state index < -0.39 is 146 Å². The summed E-state index contributed by atoms with van der Waals surface area (Å²) in [6.07, 6.45) is -2.05. The first-order chi connectivity index (χ1) is 31.3. The van der Waals surface area contributed by atoms with Gasteiger partial charge in [0.2, 0.25) is 59.1 Å². The van der Waals surface area contributed by atoms with Crippen LogP contribution in [0.5, 0.6) is 0 Å². The lowest BCUT2D eigenvalue weighted by atomic mass is 10.1. The molecule has 24 N–H and O–H groups in total. The smallest absolute Gasteiger partial charge is 0.245 e. The molecule has 376 valence electrons. The summed E-state index contributed by atoms with van der Waals surface area (Å²) in [5.74, 6) is -9.09. The first-order valence-corrected chi connectivity index (χ1v) is 21.8. The van der Waals surface area contributed by atoms with Gasteiger partial charge in [-0.3, -0.25) is 47.9 Å². The normalized spacial score (nSPS) is 24.0. The molecule has 0 aliphatic carbocycles. The van der Waals surface area contributed by atoms with Gasteiger partial charge in [0.1, 0.15) is 48.3 Å². The Kier molecular flexibility index (Phi) is 27.7. The molecule has 10 amide bonds. The highest BCUT2D eigenvalue weighted by atomic mass is 16.3. The van der Waals surface area contributed by atoms with Crippen LogP contribution in [-0.2, 0) is 47.9 Å². The highest BCUT2D eigenvalue weighted by molar-refractivity contribution is 5.98. The third-order valence-corrected chi connectivity index (χ3v) is 10.1. The van der Waals surface area contributed by atoms with E-state index in [4.69, 9.17) is 34.4 Å². The summed E-state index contributed by atoms with van der Waals surface area (Å²) >= 11 is 0. The van der Waals surface area contributed by atoms with Crippen molar-refractivity contribution in [3.63, 3.8) is 0 Å². The number of aliphatic hydroxyl groups is 2. The first-order valence-electron chi connectivity index (χ1n) is 21.8. The van der Waals surface area contributed by atoms with Gasteiger partial charge < -0.3 is 97.8 Å². The van der Waals surface area contributed by atoms with E-state index in [1.807, 2.05) is 0 Å². The van der Waals surface area contributed by atoms with E-state index in [1.54, 1.807) is 6.92 Å². The van der Waals surface area contributed by atoms with Crippen molar-refractivity contribution in [2.45, 2.75) is 126 Å². The third-order valence-electron chi connectivity index (χ3n) is 10.1. The molecule has 0 aromatic rings. The maximum atomic E-state index is 13.9. The van der Waals surface area contributed by atoms with Gasteiger partial charge >= 0.3 is 0 Å². The number of carbonyl (C=O) groups excluding carboxylic acids is 10. The van der Waals surface area contributed by atoms with Crippen LogP contribution in [0, 0.1) is 0 Å². The molecule has 1 aliphatic heterocycles. The van der Waals surface area contributed by atoms with E-state index in [1.165, 1.54) is 6.92 Å². The molecule has 1 aliphatic rings. The van der Waals surface area contributed by atoms with E-state index in [0.717, 1.165) is 0 Å². The van der Waals surface area contributed by atoms with Gasteiger partial charge in [-0.1, -0.05) is 13.3 Å². The first kappa shape index (κ1) is 58.4. The zero-order valence-corrected chi connectivity index (χ0v) is 37.5. The summed E-state index contributed by atoms with van der Waals surface area (Å²) in [5.41, 5.74) is 34.1. The molecule has 1 fully saturated rings.